The van der Waals surface area contributed by atoms with E-state index in [2.05, 4.69) is 0 Å². The fourth-order valence-electron chi connectivity index (χ4n) is 1.36. The third kappa shape index (κ3) is 1.79. The molecular formula is C11H10O4. The highest BCUT2D eigenvalue weighted by molar-refractivity contribution is 5.80. The fourth-order valence-corrected chi connectivity index (χ4v) is 1.36. The summed E-state index contributed by atoms with van der Waals surface area (Å²) in [5.74, 6) is 0.359. The molecule has 0 fully saturated rings. The van der Waals surface area contributed by atoms with Gasteiger partial charge in [-0.3, -0.25) is 0 Å². The van der Waals surface area contributed by atoms with E-state index in [1.165, 1.54) is 18.2 Å². The topological polar surface area (TPSA) is 59.7 Å². The Morgan fingerprint density at radius 1 is 1.40 bits per heavy atom. The maximum atomic E-state index is 11.0. The Hall–Kier alpha value is -1.97. The molecule has 0 amide bonds. The van der Waals surface area contributed by atoms with E-state index >= 15 is 0 Å². The first kappa shape index (κ1) is 9.58. The van der Waals surface area contributed by atoms with Crippen LogP contribution in [0.5, 0.6) is 11.5 Å². The number of hydrogen-bond acceptors (Lipinski definition) is 4. The van der Waals surface area contributed by atoms with Gasteiger partial charge in [-0.05, 0) is 19.1 Å². The van der Waals surface area contributed by atoms with Crippen LogP contribution in [0.2, 0.25) is 0 Å². The minimum Gasteiger partial charge on any atom is -0.504 e. The maximum absolute atomic E-state index is 11.0. The smallest absolute Gasteiger partial charge is 0.336 e. The third-order valence-corrected chi connectivity index (χ3v) is 2.00. The second-order valence-corrected chi connectivity index (χ2v) is 3.05. The molecular weight excluding hydrogens is 196 g/mol. The van der Waals surface area contributed by atoms with Crippen LogP contribution in [0, 0.1) is 0 Å². The van der Waals surface area contributed by atoms with Crippen molar-refractivity contribution in [1.82, 2.24) is 0 Å². The van der Waals surface area contributed by atoms with Crippen LogP contribution in [0.15, 0.2) is 33.5 Å². The number of fused-ring (bicyclic) bond motifs is 1. The Morgan fingerprint density at radius 2 is 2.20 bits per heavy atom. The summed E-state index contributed by atoms with van der Waals surface area (Å²) < 4.78 is 10.1. The predicted octanol–water partition coefficient (Wildman–Crippen LogP) is 1.90. The van der Waals surface area contributed by atoms with E-state index in [9.17, 15) is 9.90 Å². The van der Waals surface area contributed by atoms with Crippen LogP contribution in [-0.2, 0) is 0 Å². The van der Waals surface area contributed by atoms with E-state index in [1.54, 1.807) is 6.07 Å². The van der Waals surface area contributed by atoms with Gasteiger partial charge in [0.1, 0.15) is 5.58 Å². The summed E-state index contributed by atoms with van der Waals surface area (Å²) in [4.78, 5) is 11.0. The monoisotopic (exact) mass is 206 g/mol. The summed E-state index contributed by atoms with van der Waals surface area (Å²) in [7, 11) is 0. The Morgan fingerprint density at radius 3 is 2.93 bits per heavy atom. The number of rotatable bonds is 2. The number of phenols is 1. The summed E-state index contributed by atoms with van der Waals surface area (Å²) in [5.41, 5.74) is -0.0145. The van der Waals surface area contributed by atoms with Crippen molar-refractivity contribution in [2.45, 2.75) is 6.92 Å². The minimum atomic E-state index is -0.421. The van der Waals surface area contributed by atoms with Crippen molar-refractivity contribution in [2.75, 3.05) is 6.61 Å². The standard InChI is InChI=1S/C11H10O4/c1-2-14-10-6-9-7(5-8(10)12)3-4-11(13)15-9/h3-6,12H,2H2,1H3. The molecule has 0 saturated carbocycles. The molecule has 4 heteroatoms. The van der Waals surface area contributed by atoms with Crippen molar-refractivity contribution in [3.63, 3.8) is 0 Å². The lowest BCUT2D eigenvalue weighted by Crippen LogP contribution is -1.96. The SMILES string of the molecule is CCOc1cc2oc(=O)ccc2cc1O. The van der Waals surface area contributed by atoms with Crippen molar-refractivity contribution >= 4 is 11.0 Å². The van der Waals surface area contributed by atoms with Gasteiger partial charge in [0.05, 0.1) is 6.61 Å². The maximum Gasteiger partial charge on any atom is 0.336 e. The average molecular weight is 206 g/mol. The van der Waals surface area contributed by atoms with E-state index in [0.717, 1.165) is 0 Å². The normalized spacial score (nSPS) is 10.5. The van der Waals surface area contributed by atoms with Gasteiger partial charge in [0.2, 0.25) is 0 Å². The van der Waals surface area contributed by atoms with E-state index < -0.39 is 5.63 Å². The van der Waals surface area contributed by atoms with Gasteiger partial charge >= 0.3 is 5.63 Å². The van der Waals surface area contributed by atoms with Gasteiger partial charge in [-0.25, -0.2) is 4.79 Å². The second-order valence-electron chi connectivity index (χ2n) is 3.05. The largest absolute Gasteiger partial charge is 0.504 e. The molecule has 15 heavy (non-hydrogen) atoms. The molecule has 0 bridgehead atoms. The first-order valence-electron chi connectivity index (χ1n) is 4.60. The van der Waals surface area contributed by atoms with Gasteiger partial charge in [-0.15, -0.1) is 0 Å². The van der Waals surface area contributed by atoms with Crippen LogP contribution >= 0.6 is 0 Å². The molecule has 4 nitrogen and oxygen atoms in total. The number of benzene rings is 1. The molecule has 1 heterocycles. The zero-order chi connectivity index (χ0) is 10.8. The average Bonchev–Trinajstić information content (AvgIpc) is 2.20. The summed E-state index contributed by atoms with van der Waals surface area (Å²) in [6.45, 7) is 2.25. The van der Waals surface area contributed by atoms with Crippen LogP contribution in [0.25, 0.3) is 11.0 Å². The molecule has 0 unspecified atom stereocenters. The number of hydrogen-bond donors (Lipinski definition) is 1. The van der Waals surface area contributed by atoms with Gasteiger partial charge in [-0.2, -0.15) is 0 Å². The van der Waals surface area contributed by atoms with Crippen molar-refractivity contribution in [3.05, 3.63) is 34.7 Å². The predicted molar refractivity (Wildman–Crippen MR) is 55.3 cm³/mol. The highest BCUT2D eigenvalue weighted by atomic mass is 16.5. The van der Waals surface area contributed by atoms with Crippen molar-refractivity contribution < 1.29 is 14.3 Å². The van der Waals surface area contributed by atoms with Gasteiger partial charge in [0, 0.05) is 17.5 Å². The lowest BCUT2D eigenvalue weighted by molar-refractivity contribution is 0.318. The molecule has 0 aliphatic carbocycles. The van der Waals surface area contributed by atoms with E-state index in [1.807, 2.05) is 6.92 Å². The molecule has 1 aromatic heterocycles. The molecule has 78 valence electrons. The molecule has 1 N–H and O–H groups in total. The Labute approximate surface area is 85.7 Å². The summed E-state index contributed by atoms with van der Waals surface area (Å²) in [5, 5.41) is 10.2. The van der Waals surface area contributed by atoms with E-state index in [0.29, 0.717) is 23.3 Å². The molecule has 0 spiro atoms. The molecule has 0 radical (unpaired) electrons. The molecule has 0 saturated heterocycles. The van der Waals surface area contributed by atoms with Gasteiger partial charge in [-0.1, -0.05) is 0 Å². The van der Waals surface area contributed by atoms with E-state index in [-0.39, 0.29) is 5.75 Å². The fraction of sp³-hybridized carbons (Fsp3) is 0.182. The highest BCUT2D eigenvalue weighted by Gasteiger charge is 2.06. The van der Waals surface area contributed by atoms with E-state index in [4.69, 9.17) is 9.15 Å². The molecule has 2 rings (SSSR count). The zero-order valence-electron chi connectivity index (χ0n) is 8.19. The Bertz CT molecular complexity index is 542. The van der Waals surface area contributed by atoms with Gasteiger partial charge in [0.25, 0.3) is 0 Å². The van der Waals surface area contributed by atoms with Crippen LogP contribution < -0.4 is 10.4 Å². The molecule has 2 aromatic rings. The van der Waals surface area contributed by atoms with Crippen molar-refractivity contribution in [1.29, 1.82) is 0 Å². The summed E-state index contributed by atoms with van der Waals surface area (Å²) >= 11 is 0. The zero-order valence-corrected chi connectivity index (χ0v) is 8.19. The van der Waals surface area contributed by atoms with Crippen LogP contribution in [0.3, 0.4) is 0 Å². The summed E-state index contributed by atoms with van der Waals surface area (Å²) in [6, 6.07) is 5.91. The van der Waals surface area contributed by atoms with Crippen LogP contribution in [0.4, 0.5) is 0 Å². The second kappa shape index (κ2) is 3.65. The Kier molecular flexibility index (Phi) is 2.33. The highest BCUT2D eigenvalue weighted by Crippen LogP contribution is 2.30. The third-order valence-electron chi connectivity index (χ3n) is 2.00. The quantitative estimate of drug-likeness (QED) is 0.762. The minimum absolute atomic E-state index is 0.0400. The first-order chi connectivity index (χ1) is 7.20. The van der Waals surface area contributed by atoms with Gasteiger partial charge in [0.15, 0.2) is 11.5 Å². The Balaban J connectivity index is 2.66. The number of ether oxygens (including phenoxy) is 1. The summed E-state index contributed by atoms with van der Waals surface area (Å²) in [6.07, 6.45) is 0. The molecule has 0 aliphatic heterocycles. The van der Waals surface area contributed by atoms with Crippen molar-refractivity contribution in [2.24, 2.45) is 0 Å². The lowest BCUT2D eigenvalue weighted by atomic mass is 10.2. The van der Waals surface area contributed by atoms with Crippen LogP contribution in [-0.4, -0.2) is 11.7 Å². The first-order valence-corrected chi connectivity index (χ1v) is 4.60. The molecule has 0 atom stereocenters. The molecule has 1 aromatic carbocycles. The van der Waals surface area contributed by atoms with Crippen LogP contribution in [0.1, 0.15) is 6.92 Å². The lowest BCUT2D eigenvalue weighted by Gasteiger charge is -2.06. The van der Waals surface area contributed by atoms with Gasteiger partial charge < -0.3 is 14.3 Å². The number of phenolic OH excluding ortho intramolecular Hbond substituents is 1. The van der Waals surface area contributed by atoms with Crippen molar-refractivity contribution in [3.8, 4) is 11.5 Å². The number of aromatic hydroxyl groups is 1. The molecule has 0 aliphatic rings.